The quantitative estimate of drug-likeness (QED) is 0.803. The number of pyridine rings is 1. The Morgan fingerprint density at radius 2 is 1.77 bits per heavy atom. The summed E-state index contributed by atoms with van der Waals surface area (Å²) in [4.78, 5) is 20.5. The standard InChI is InChI=1S/C17H16N4O/c1-21-11-15(19-12-21)17(22)20-16(13-5-3-2-4-6-13)14-7-9-18-10-8-14/h2-12,16H,1H3,(H,20,22)/t16-/m0/s1. The van der Waals surface area contributed by atoms with Crippen molar-refractivity contribution >= 4 is 5.91 Å². The Morgan fingerprint density at radius 1 is 1.09 bits per heavy atom. The third-order valence-electron chi connectivity index (χ3n) is 3.39. The zero-order valence-electron chi connectivity index (χ0n) is 12.2. The molecule has 0 aliphatic rings. The van der Waals surface area contributed by atoms with E-state index in [1.807, 2.05) is 49.5 Å². The van der Waals surface area contributed by atoms with E-state index in [1.165, 1.54) is 0 Å². The van der Waals surface area contributed by atoms with Crippen LogP contribution in [0.3, 0.4) is 0 Å². The summed E-state index contributed by atoms with van der Waals surface area (Å²) in [7, 11) is 1.83. The normalized spacial score (nSPS) is 11.9. The average molecular weight is 292 g/mol. The van der Waals surface area contributed by atoms with Gasteiger partial charge < -0.3 is 9.88 Å². The number of carbonyl (C=O) groups is 1. The minimum absolute atomic E-state index is 0.203. The fraction of sp³-hybridized carbons (Fsp3) is 0.118. The second-order valence-corrected chi connectivity index (χ2v) is 5.02. The molecular formula is C17H16N4O. The van der Waals surface area contributed by atoms with E-state index in [-0.39, 0.29) is 11.9 Å². The van der Waals surface area contributed by atoms with E-state index in [1.54, 1.807) is 29.5 Å². The van der Waals surface area contributed by atoms with Crippen molar-refractivity contribution in [1.29, 1.82) is 0 Å². The highest BCUT2D eigenvalue weighted by Crippen LogP contribution is 2.21. The second kappa shape index (κ2) is 6.22. The van der Waals surface area contributed by atoms with Crippen molar-refractivity contribution in [2.75, 3.05) is 0 Å². The Hall–Kier alpha value is -2.95. The van der Waals surface area contributed by atoms with Crippen LogP contribution in [0.5, 0.6) is 0 Å². The van der Waals surface area contributed by atoms with E-state index in [0.717, 1.165) is 11.1 Å². The largest absolute Gasteiger partial charge is 0.340 e. The van der Waals surface area contributed by atoms with E-state index >= 15 is 0 Å². The van der Waals surface area contributed by atoms with Gasteiger partial charge in [-0.15, -0.1) is 0 Å². The summed E-state index contributed by atoms with van der Waals surface area (Å²) in [6, 6.07) is 13.4. The lowest BCUT2D eigenvalue weighted by atomic mass is 9.99. The van der Waals surface area contributed by atoms with Crippen LogP contribution < -0.4 is 5.32 Å². The van der Waals surface area contributed by atoms with Crippen molar-refractivity contribution in [1.82, 2.24) is 19.9 Å². The Bertz CT molecular complexity index is 713. The summed E-state index contributed by atoms with van der Waals surface area (Å²) in [5.41, 5.74) is 2.39. The van der Waals surface area contributed by atoms with E-state index in [0.29, 0.717) is 5.69 Å². The van der Waals surface area contributed by atoms with Crippen LogP contribution >= 0.6 is 0 Å². The van der Waals surface area contributed by atoms with E-state index in [2.05, 4.69) is 15.3 Å². The number of aromatic nitrogens is 3. The van der Waals surface area contributed by atoms with Gasteiger partial charge in [0.25, 0.3) is 5.91 Å². The number of aryl methyl sites for hydroxylation is 1. The van der Waals surface area contributed by atoms with Crippen LogP contribution in [0.25, 0.3) is 0 Å². The first-order valence-corrected chi connectivity index (χ1v) is 6.98. The molecule has 2 heterocycles. The number of carbonyl (C=O) groups excluding carboxylic acids is 1. The molecule has 5 nitrogen and oxygen atoms in total. The fourth-order valence-corrected chi connectivity index (χ4v) is 2.30. The molecule has 0 aliphatic carbocycles. The van der Waals surface area contributed by atoms with Gasteiger partial charge in [-0.05, 0) is 23.3 Å². The van der Waals surface area contributed by atoms with Crippen LogP contribution in [0.2, 0.25) is 0 Å². The molecule has 0 spiro atoms. The van der Waals surface area contributed by atoms with Crippen LogP contribution in [-0.2, 0) is 7.05 Å². The summed E-state index contributed by atoms with van der Waals surface area (Å²) >= 11 is 0. The minimum atomic E-state index is -0.237. The number of hydrogen-bond donors (Lipinski definition) is 1. The SMILES string of the molecule is Cn1cnc(C(=O)N[C@@H](c2ccccc2)c2ccncc2)c1. The van der Waals surface area contributed by atoms with Crippen molar-refractivity contribution in [2.45, 2.75) is 6.04 Å². The molecule has 1 aromatic carbocycles. The van der Waals surface area contributed by atoms with Crippen molar-refractivity contribution in [3.05, 3.63) is 84.2 Å². The summed E-state index contributed by atoms with van der Waals surface area (Å²) in [6.07, 6.45) is 6.75. The highest BCUT2D eigenvalue weighted by molar-refractivity contribution is 5.92. The maximum absolute atomic E-state index is 12.4. The van der Waals surface area contributed by atoms with Crippen LogP contribution in [-0.4, -0.2) is 20.4 Å². The van der Waals surface area contributed by atoms with Gasteiger partial charge in [-0.3, -0.25) is 9.78 Å². The predicted octanol–water partition coefficient (Wildman–Crippen LogP) is 2.33. The lowest BCUT2D eigenvalue weighted by Gasteiger charge is -2.19. The Kier molecular flexibility index (Phi) is 3.96. The summed E-state index contributed by atoms with van der Waals surface area (Å²) in [5, 5.41) is 3.04. The molecule has 110 valence electrons. The topological polar surface area (TPSA) is 59.8 Å². The first-order chi connectivity index (χ1) is 10.7. The average Bonchev–Trinajstić information content (AvgIpc) is 3.01. The molecular weight excluding hydrogens is 276 g/mol. The summed E-state index contributed by atoms with van der Waals surface area (Å²) in [6.45, 7) is 0. The van der Waals surface area contributed by atoms with Crippen LogP contribution in [0.15, 0.2) is 67.4 Å². The van der Waals surface area contributed by atoms with Crippen molar-refractivity contribution < 1.29 is 4.79 Å². The zero-order valence-corrected chi connectivity index (χ0v) is 12.2. The molecule has 2 aromatic heterocycles. The number of rotatable bonds is 4. The van der Waals surface area contributed by atoms with E-state index in [4.69, 9.17) is 0 Å². The molecule has 0 bridgehead atoms. The predicted molar refractivity (Wildman–Crippen MR) is 83.2 cm³/mol. The van der Waals surface area contributed by atoms with Crippen LogP contribution in [0.4, 0.5) is 0 Å². The van der Waals surface area contributed by atoms with E-state index in [9.17, 15) is 4.79 Å². The third-order valence-corrected chi connectivity index (χ3v) is 3.39. The number of imidazole rings is 1. The van der Waals surface area contributed by atoms with Crippen LogP contribution in [0.1, 0.15) is 27.7 Å². The molecule has 1 amide bonds. The Balaban J connectivity index is 1.91. The van der Waals surface area contributed by atoms with E-state index < -0.39 is 0 Å². The lowest BCUT2D eigenvalue weighted by Crippen LogP contribution is -2.29. The molecule has 0 fully saturated rings. The fourth-order valence-electron chi connectivity index (χ4n) is 2.30. The van der Waals surface area contributed by atoms with Crippen molar-refractivity contribution in [2.24, 2.45) is 7.05 Å². The van der Waals surface area contributed by atoms with Gasteiger partial charge >= 0.3 is 0 Å². The Morgan fingerprint density at radius 3 is 2.41 bits per heavy atom. The number of benzene rings is 1. The smallest absolute Gasteiger partial charge is 0.272 e. The molecule has 3 rings (SSSR count). The molecule has 0 saturated carbocycles. The lowest BCUT2D eigenvalue weighted by molar-refractivity contribution is 0.0938. The first-order valence-electron chi connectivity index (χ1n) is 6.98. The van der Waals surface area contributed by atoms with Gasteiger partial charge in [0.05, 0.1) is 12.4 Å². The maximum atomic E-state index is 12.4. The summed E-state index contributed by atoms with van der Waals surface area (Å²) in [5.74, 6) is -0.203. The number of hydrogen-bond acceptors (Lipinski definition) is 3. The number of nitrogens with one attached hydrogen (secondary N) is 1. The highest BCUT2D eigenvalue weighted by atomic mass is 16.2. The third kappa shape index (κ3) is 3.03. The highest BCUT2D eigenvalue weighted by Gasteiger charge is 2.18. The minimum Gasteiger partial charge on any atom is -0.340 e. The van der Waals surface area contributed by atoms with Gasteiger partial charge in [0.2, 0.25) is 0 Å². The van der Waals surface area contributed by atoms with Gasteiger partial charge in [0.1, 0.15) is 5.69 Å². The molecule has 5 heteroatoms. The van der Waals surface area contributed by atoms with Gasteiger partial charge in [0.15, 0.2) is 0 Å². The van der Waals surface area contributed by atoms with Gasteiger partial charge in [-0.1, -0.05) is 30.3 Å². The van der Waals surface area contributed by atoms with Gasteiger partial charge in [-0.25, -0.2) is 4.98 Å². The molecule has 1 atom stereocenters. The molecule has 0 unspecified atom stereocenters. The Labute approximate surface area is 128 Å². The van der Waals surface area contributed by atoms with Gasteiger partial charge in [-0.2, -0.15) is 0 Å². The molecule has 1 N–H and O–H groups in total. The van der Waals surface area contributed by atoms with Crippen molar-refractivity contribution in [3.8, 4) is 0 Å². The molecule has 22 heavy (non-hydrogen) atoms. The van der Waals surface area contributed by atoms with Crippen LogP contribution in [0, 0.1) is 0 Å². The second-order valence-electron chi connectivity index (χ2n) is 5.02. The monoisotopic (exact) mass is 292 g/mol. The molecule has 0 saturated heterocycles. The molecule has 0 aliphatic heterocycles. The number of nitrogens with zero attached hydrogens (tertiary/aromatic N) is 3. The van der Waals surface area contributed by atoms with Crippen molar-refractivity contribution in [3.63, 3.8) is 0 Å². The number of amides is 1. The molecule has 3 aromatic rings. The van der Waals surface area contributed by atoms with Gasteiger partial charge in [0, 0.05) is 25.6 Å². The summed E-state index contributed by atoms with van der Waals surface area (Å²) < 4.78 is 1.75. The molecule has 0 radical (unpaired) electrons. The maximum Gasteiger partial charge on any atom is 0.272 e. The first kappa shape index (κ1) is 14.0. The zero-order chi connectivity index (χ0) is 15.4.